The fourth-order valence-electron chi connectivity index (χ4n) is 0.520. The summed E-state index contributed by atoms with van der Waals surface area (Å²) in [6, 6.07) is 0. The molecule has 0 rings (SSSR count). The van der Waals surface area contributed by atoms with Crippen LogP contribution in [-0.4, -0.2) is 43.9 Å². The fourth-order valence-corrected chi connectivity index (χ4v) is 0.520. The molecule has 0 saturated carbocycles. The van der Waals surface area contributed by atoms with Crippen LogP contribution in [-0.2, 0) is 0 Å². The first kappa shape index (κ1) is 12.5. The molecule has 0 aromatic carbocycles. The van der Waals surface area contributed by atoms with Crippen molar-refractivity contribution in [1.82, 2.24) is 10.2 Å². The van der Waals surface area contributed by atoms with E-state index in [4.69, 9.17) is 5.11 Å². The van der Waals surface area contributed by atoms with Gasteiger partial charge >= 0.3 is 0 Å². The van der Waals surface area contributed by atoms with E-state index in [1.165, 1.54) is 0 Å². The highest BCUT2D eigenvalue weighted by Crippen LogP contribution is 1.73. The second-order valence-electron chi connectivity index (χ2n) is 1.81. The molecule has 0 fully saturated rings. The Hall–Kier alpha value is -0.120. The van der Waals surface area contributed by atoms with Crippen molar-refractivity contribution in [2.75, 3.05) is 33.9 Å². The number of nitrogens with one attached hydrogen (secondary N) is 1. The maximum atomic E-state index is 8.39. The Morgan fingerprint density at radius 3 is 2.20 bits per heavy atom. The number of hydrogen-bond acceptors (Lipinski definition) is 3. The van der Waals surface area contributed by atoms with Crippen molar-refractivity contribution in [3.8, 4) is 0 Å². The van der Waals surface area contributed by atoms with Gasteiger partial charge in [0.25, 0.3) is 0 Å². The topological polar surface area (TPSA) is 35.5 Å². The zero-order chi connectivity index (χ0) is 8.41. The molecule has 0 bridgehead atoms. The molecule has 0 radical (unpaired) electrons. The van der Waals surface area contributed by atoms with Gasteiger partial charge in [0.05, 0.1) is 6.61 Å². The van der Waals surface area contributed by atoms with Crippen molar-refractivity contribution in [2.45, 2.75) is 13.8 Å². The smallest absolute Gasteiger partial charge is 0.0558 e. The summed E-state index contributed by atoms with van der Waals surface area (Å²) >= 11 is 0. The van der Waals surface area contributed by atoms with E-state index in [2.05, 4.69) is 5.32 Å². The van der Waals surface area contributed by atoms with Gasteiger partial charge in [0, 0.05) is 13.2 Å². The van der Waals surface area contributed by atoms with Crippen LogP contribution in [0.4, 0.5) is 0 Å². The maximum Gasteiger partial charge on any atom is 0.0558 e. The van der Waals surface area contributed by atoms with Crippen molar-refractivity contribution in [2.24, 2.45) is 0 Å². The Labute approximate surface area is 64.0 Å². The standard InChI is InChI=1S/C5H14N2O.C2H6/c1-6-5-7(2)3-4-8;1-2/h6,8H,3-5H2,1-2H3;1-2H3. The van der Waals surface area contributed by atoms with Crippen LogP contribution in [0.1, 0.15) is 13.8 Å². The van der Waals surface area contributed by atoms with Crippen LogP contribution < -0.4 is 5.32 Å². The van der Waals surface area contributed by atoms with Crippen molar-refractivity contribution in [3.05, 3.63) is 0 Å². The van der Waals surface area contributed by atoms with Crippen LogP contribution in [0, 0.1) is 0 Å². The SMILES string of the molecule is CC.CNCN(C)CCO. The van der Waals surface area contributed by atoms with Crippen molar-refractivity contribution < 1.29 is 5.11 Å². The van der Waals surface area contributed by atoms with Crippen LogP contribution in [0.2, 0.25) is 0 Å². The highest BCUT2D eigenvalue weighted by molar-refractivity contribution is 4.43. The van der Waals surface area contributed by atoms with Gasteiger partial charge < -0.3 is 10.4 Å². The molecule has 10 heavy (non-hydrogen) atoms. The average Bonchev–Trinajstić information content (AvgIpc) is 1.93. The van der Waals surface area contributed by atoms with Crippen LogP contribution >= 0.6 is 0 Å². The normalized spacial score (nSPS) is 9.00. The Bertz CT molecular complexity index is 44.9. The van der Waals surface area contributed by atoms with Crippen molar-refractivity contribution >= 4 is 0 Å². The Kier molecular flexibility index (Phi) is 14.6. The molecule has 2 N–H and O–H groups in total. The van der Waals surface area contributed by atoms with E-state index in [0.717, 1.165) is 13.2 Å². The fraction of sp³-hybridized carbons (Fsp3) is 1.00. The predicted octanol–water partition coefficient (Wildman–Crippen LogP) is 0.114. The Balaban J connectivity index is 0. The van der Waals surface area contributed by atoms with Crippen molar-refractivity contribution in [3.63, 3.8) is 0 Å². The van der Waals surface area contributed by atoms with Gasteiger partial charge in [-0.2, -0.15) is 0 Å². The molecule has 3 nitrogen and oxygen atoms in total. The van der Waals surface area contributed by atoms with E-state index in [9.17, 15) is 0 Å². The minimum atomic E-state index is 0.234. The molecule has 0 saturated heterocycles. The molecule has 0 unspecified atom stereocenters. The molecule has 64 valence electrons. The van der Waals surface area contributed by atoms with E-state index in [0.29, 0.717) is 0 Å². The van der Waals surface area contributed by atoms with Crippen molar-refractivity contribution in [1.29, 1.82) is 0 Å². The first-order valence-electron chi connectivity index (χ1n) is 3.75. The van der Waals surface area contributed by atoms with Gasteiger partial charge in [-0.15, -0.1) is 0 Å². The van der Waals surface area contributed by atoms with E-state index < -0.39 is 0 Å². The number of rotatable bonds is 4. The number of aliphatic hydroxyl groups is 1. The third-order valence-corrected chi connectivity index (χ3v) is 0.910. The van der Waals surface area contributed by atoms with Crippen LogP contribution in [0.5, 0.6) is 0 Å². The first-order chi connectivity index (χ1) is 4.81. The molecular formula is C7H20N2O. The largest absolute Gasteiger partial charge is 0.395 e. The van der Waals surface area contributed by atoms with Gasteiger partial charge in [0.15, 0.2) is 0 Å². The number of hydrogen-bond donors (Lipinski definition) is 2. The quantitative estimate of drug-likeness (QED) is 0.556. The second kappa shape index (κ2) is 11.6. The molecule has 0 aromatic heterocycles. The van der Waals surface area contributed by atoms with E-state index in [1.807, 2.05) is 32.8 Å². The third-order valence-electron chi connectivity index (χ3n) is 0.910. The summed E-state index contributed by atoms with van der Waals surface area (Å²) in [6.07, 6.45) is 0. The molecule has 0 atom stereocenters. The lowest BCUT2D eigenvalue weighted by atomic mass is 10.6. The summed E-state index contributed by atoms with van der Waals surface area (Å²) in [5.74, 6) is 0. The molecule has 0 spiro atoms. The third kappa shape index (κ3) is 10.8. The molecular weight excluding hydrogens is 128 g/mol. The lowest BCUT2D eigenvalue weighted by molar-refractivity contribution is 0.216. The molecule has 0 aliphatic carbocycles. The zero-order valence-electron chi connectivity index (χ0n) is 7.52. The molecule has 0 aromatic rings. The van der Waals surface area contributed by atoms with Crippen LogP contribution in [0.25, 0.3) is 0 Å². The van der Waals surface area contributed by atoms with Gasteiger partial charge in [0.2, 0.25) is 0 Å². The minimum absolute atomic E-state index is 0.234. The number of nitrogens with zero attached hydrogens (tertiary/aromatic N) is 1. The van der Waals surface area contributed by atoms with Crippen LogP contribution in [0.3, 0.4) is 0 Å². The van der Waals surface area contributed by atoms with E-state index in [-0.39, 0.29) is 6.61 Å². The van der Waals surface area contributed by atoms with Gasteiger partial charge in [-0.25, -0.2) is 0 Å². The summed E-state index contributed by atoms with van der Waals surface area (Å²) in [5.41, 5.74) is 0. The van der Waals surface area contributed by atoms with E-state index in [1.54, 1.807) is 0 Å². The summed E-state index contributed by atoms with van der Waals surface area (Å²) in [7, 11) is 3.83. The maximum absolute atomic E-state index is 8.39. The molecule has 0 heterocycles. The first-order valence-corrected chi connectivity index (χ1v) is 3.75. The minimum Gasteiger partial charge on any atom is -0.395 e. The zero-order valence-corrected chi connectivity index (χ0v) is 7.52. The molecule has 0 aliphatic rings. The Morgan fingerprint density at radius 2 is 1.90 bits per heavy atom. The lowest BCUT2D eigenvalue weighted by Crippen LogP contribution is -2.30. The van der Waals surface area contributed by atoms with Gasteiger partial charge in [-0.1, -0.05) is 13.8 Å². The summed E-state index contributed by atoms with van der Waals surface area (Å²) in [4.78, 5) is 2.00. The summed E-state index contributed by atoms with van der Waals surface area (Å²) in [5, 5.41) is 11.4. The molecule has 0 aliphatic heterocycles. The molecule has 0 amide bonds. The molecule has 3 heteroatoms. The second-order valence-corrected chi connectivity index (χ2v) is 1.81. The summed E-state index contributed by atoms with van der Waals surface area (Å²) < 4.78 is 0. The number of aliphatic hydroxyl groups excluding tert-OH is 1. The Morgan fingerprint density at radius 1 is 1.40 bits per heavy atom. The van der Waals surface area contributed by atoms with Crippen LogP contribution in [0.15, 0.2) is 0 Å². The predicted molar refractivity (Wildman–Crippen MR) is 45.0 cm³/mol. The summed E-state index contributed by atoms with van der Waals surface area (Å²) in [6.45, 7) is 5.81. The average molecular weight is 148 g/mol. The van der Waals surface area contributed by atoms with Gasteiger partial charge in [-0.3, -0.25) is 4.90 Å². The lowest BCUT2D eigenvalue weighted by Gasteiger charge is -2.12. The van der Waals surface area contributed by atoms with Gasteiger partial charge in [0.1, 0.15) is 0 Å². The monoisotopic (exact) mass is 148 g/mol. The highest BCUT2D eigenvalue weighted by Gasteiger charge is 1.90. The number of likely N-dealkylation sites (N-methyl/N-ethyl adjacent to an activating group) is 1. The van der Waals surface area contributed by atoms with E-state index >= 15 is 0 Å². The highest BCUT2D eigenvalue weighted by atomic mass is 16.3. The van der Waals surface area contributed by atoms with Gasteiger partial charge in [-0.05, 0) is 14.1 Å².